The van der Waals surface area contributed by atoms with Gasteiger partial charge in [-0.25, -0.2) is 4.98 Å². The van der Waals surface area contributed by atoms with Crippen molar-refractivity contribution in [3.05, 3.63) is 65.7 Å². The minimum absolute atomic E-state index is 0.0922. The lowest BCUT2D eigenvalue weighted by atomic mass is 10.1. The van der Waals surface area contributed by atoms with Crippen LogP contribution in [-0.2, 0) is 6.42 Å². The van der Waals surface area contributed by atoms with Gasteiger partial charge in [-0.1, -0.05) is 60.7 Å². The fourth-order valence-electron chi connectivity index (χ4n) is 4.30. The summed E-state index contributed by atoms with van der Waals surface area (Å²) in [5.74, 6) is 1.01. The molecule has 1 aliphatic rings. The molecule has 0 radical (unpaired) electrons. The number of carbonyl (C=O) groups is 1. The van der Waals surface area contributed by atoms with Gasteiger partial charge < -0.3 is 15.1 Å². The quantitative estimate of drug-likeness (QED) is 0.419. The van der Waals surface area contributed by atoms with Gasteiger partial charge >= 0.3 is 0 Å². The monoisotopic (exact) mass is 488 g/mol. The Morgan fingerprint density at radius 3 is 2.31 bits per heavy atom. The molecule has 35 heavy (non-hydrogen) atoms. The highest BCUT2D eigenvalue weighted by molar-refractivity contribution is 7.20. The molecular formula is C27H32N6OS. The lowest BCUT2D eigenvalue weighted by Crippen LogP contribution is -2.48. The maximum absolute atomic E-state index is 12.8. The molecule has 4 aromatic rings. The average Bonchev–Trinajstić information content (AvgIpc) is 3.43. The van der Waals surface area contributed by atoms with Gasteiger partial charge in [-0.3, -0.25) is 4.79 Å². The zero-order chi connectivity index (χ0) is 24.6. The van der Waals surface area contributed by atoms with Crippen LogP contribution in [0.4, 0.5) is 10.9 Å². The number of piperazine rings is 1. The van der Waals surface area contributed by atoms with E-state index in [1.165, 1.54) is 5.56 Å². The van der Waals surface area contributed by atoms with E-state index < -0.39 is 0 Å². The third kappa shape index (κ3) is 4.89. The van der Waals surface area contributed by atoms with E-state index in [1.807, 2.05) is 39.7 Å². The second-order valence-electron chi connectivity index (χ2n) is 9.96. The molecule has 1 N–H and O–H groups in total. The van der Waals surface area contributed by atoms with Crippen LogP contribution in [-0.4, -0.2) is 57.1 Å². The SMILES string of the molecule is CCc1ccc(-c2nc3sc(N4CCN(C(=O)c5ccccc5)CC4)nn3c2NC(C)(C)C)cc1. The molecular weight excluding hydrogens is 456 g/mol. The molecule has 0 atom stereocenters. The third-order valence-electron chi connectivity index (χ3n) is 6.18. The number of anilines is 2. The van der Waals surface area contributed by atoms with Gasteiger partial charge in [0.15, 0.2) is 5.82 Å². The van der Waals surface area contributed by atoms with E-state index in [1.54, 1.807) is 11.3 Å². The smallest absolute Gasteiger partial charge is 0.253 e. The van der Waals surface area contributed by atoms with Crippen LogP contribution < -0.4 is 10.2 Å². The van der Waals surface area contributed by atoms with Crippen LogP contribution in [0.25, 0.3) is 16.2 Å². The average molecular weight is 489 g/mol. The summed E-state index contributed by atoms with van der Waals surface area (Å²) >= 11 is 1.60. The number of aryl methyl sites for hydroxylation is 1. The number of nitrogens with one attached hydrogen (secondary N) is 1. The summed E-state index contributed by atoms with van der Waals surface area (Å²) < 4.78 is 1.94. The van der Waals surface area contributed by atoms with Gasteiger partial charge in [-0.05, 0) is 44.9 Å². The number of hydrogen-bond donors (Lipinski definition) is 1. The Morgan fingerprint density at radius 1 is 1.00 bits per heavy atom. The Balaban J connectivity index is 1.39. The largest absolute Gasteiger partial charge is 0.364 e. The van der Waals surface area contributed by atoms with Crippen LogP contribution >= 0.6 is 11.3 Å². The number of fused-ring (bicyclic) bond motifs is 1. The molecule has 0 unspecified atom stereocenters. The molecule has 3 heterocycles. The van der Waals surface area contributed by atoms with E-state index in [-0.39, 0.29) is 11.4 Å². The zero-order valence-electron chi connectivity index (χ0n) is 20.8. The summed E-state index contributed by atoms with van der Waals surface area (Å²) in [5, 5.41) is 9.52. The van der Waals surface area contributed by atoms with E-state index in [4.69, 9.17) is 10.1 Å². The van der Waals surface area contributed by atoms with Crippen LogP contribution in [0.15, 0.2) is 54.6 Å². The van der Waals surface area contributed by atoms with E-state index in [0.717, 1.165) is 52.2 Å². The molecule has 0 spiro atoms. The van der Waals surface area contributed by atoms with E-state index in [0.29, 0.717) is 13.1 Å². The first-order valence-corrected chi connectivity index (χ1v) is 13.0. The van der Waals surface area contributed by atoms with Crippen molar-refractivity contribution in [2.45, 2.75) is 39.7 Å². The minimum atomic E-state index is -0.138. The highest BCUT2D eigenvalue weighted by Crippen LogP contribution is 2.35. The second-order valence-corrected chi connectivity index (χ2v) is 10.9. The molecule has 182 valence electrons. The molecule has 5 rings (SSSR count). The van der Waals surface area contributed by atoms with Gasteiger partial charge in [0, 0.05) is 42.8 Å². The maximum atomic E-state index is 12.8. The number of aromatic nitrogens is 3. The number of benzene rings is 2. The number of amides is 1. The van der Waals surface area contributed by atoms with Gasteiger partial charge in [0.1, 0.15) is 5.69 Å². The molecule has 2 aromatic heterocycles. The van der Waals surface area contributed by atoms with Gasteiger partial charge in [0.05, 0.1) is 0 Å². The standard InChI is InChI=1S/C27H32N6OS/c1-5-19-11-13-20(14-12-19)22-23(29-27(2,3)4)33-25(28-22)35-26(30-33)32-17-15-31(16-18-32)24(34)21-9-7-6-8-10-21/h6-14,29H,5,15-18H2,1-4H3. The molecule has 0 bridgehead atoms. The summed E-state index contributed by atoms with van der Waals surface area (Å²) in [4.78, 5) is 22.8. The van der Waals surface area contributed by atoms with Crippen molar-refractivity contribution in [2.75, 3.05) is 36.4 Å². The molecule has 0 aliphatic carbocycles. The number of hydrogen-bond acceptors (Lipinski definition) is 6. The maximum Gasteiger partial charge on any atom is 0.253 e. The van der Waals surface area contributed by atoms with Crippen molar-refractivity contribution in [3.63, 3.8) is 0 Å². The Hall–Kier alpha value is -3.39. The van der Waals surface area contributed by atoms with Crippen LogP contribution in [0, 0.1) is 0 Å². The lowest BCUT2D eigenvalue weighted by molar-refractivity contribution is 0.0746. The number of imidazole rings is 1. The van der Waals surface area contributed by atoms with E-state index in [9.17, 15) is 4.79 Å². The molecule has 1 amide bonds. The minimum Gasteiger partial charge on any atom is -0.364 e. The molecule has 8 heteroatoms. The van der Waals surface area contributed by atoms with Gasteiger partial charge in [0.2, 0.25) is 10.1 Å². The lowest BCUT2D eigenvalue weighted by Gasteiger charge is -2.34. The molecule has 0 saturated carbocycles. The molecule has 7 nitrogen and oxygen atoms in total. The van der Waals surface area contributed by atoms with E-state index >= 15 is 0 Å². The van der Waals surface area contributed by atoms with Crippen molar-refractivity contribution in [2.24, 2.45) is 0 Å². The normalized spacial score (nSPS) is 14.5. The number of carbonyl (C=O) groups excluding carboxylic acids is 1. The Labute approximate surface area is 210 Å². The van der Waals surface area contributed by atoms with E-state index in [2.05, 4.69) is 62.2 Å². The topological polar surface area (TPSA) is 65.8 Å². The van der Waals surface area contributed by atoms with Crippen LogP contribution in [0.5, 0.6) is 0 Å². The van der Waals surface area contributed by atoms with Gasteiger partial charge in [0.25, 0.3) is 5.91 Å². The zero-order valence-corrected chi connectivity index (χ0v) is 21.6. The summed E-state index contributed by atoms with van der Waals surface area (Å²) in [5.41, 5.74) is 3.92. The van der Waals surface area contributed by atoms with Crippen molar-refractivity contribution in [3.8, 4) is 11.3 Å². The van der Waals surface area contributed by atoms with Gasteiger partial charge in [-0.15, -0.1) is 5.10 Å². The van der Waals surface area contributed by atoms with Crippen molar-refractivity contribution < 1.29 is 4.79 Å². The summed E-state index contributed by atoms with van der Waals surface area (Å²) in [7, 11) is 0. The first kappa shape index (κ1) is 23.4. The second kappa shape index (κ2) is 9.34. The number of nitrogens with zero attached hydrogens (tertiary/aromatic N) is 5. The highest BCUT2D eigenvalue weighted by Gasteiger charge is 2.27. The predicted octanol–water partition coefficient (Wildman–Crippen LogP) is 5.19. The Bertz CT molecular complexity index is 1310. The predicted molar refractivity (Wildman–Crippen MR) is 144 cm³/mol. The summed E-state index contributed by atoms with van der Waals surface area (Å²) in [6, 6.07) is 18.1. The summed E-state index contributed by atoms with van der Waals surface area (Å²) in [6.07, 6.45) is 1.01. The molecule has 1 saturated heterocycles. The van der Waals surface area contributed by atoms with Crippen molar-refractivity contribution in [1.29, 1.82) is 0 Å². The first-order valence-electron chi connectivity index (χ1n) is 12.2. The fourth-order valence-corrected chi connectivity index (χ4v) is 5.25. The molecule has 2 aromatic carbocycles. The fraction of sp³-hybridized carbons (Fsp3) is 0.370. The Morgan fingerprint density at radius 2 is 1.69 bits per heavy atom. The van der Waals surface area contributed by atoms with Crippen molar-refractivity contribution in [1.82, 2.24) is 19.5 Å². The summed E-state index contributed by atoms with van der Waals surface area (Å²) in [6.45, 7) is 11.5. The van der Waals surface area contributed by atoms with Crippen LogP contribution in [0.1, 0.15) is 43.6 Å². The van der Waals surface area contributed by atoms with Crippen LogP contribution in [0.2, 0.25) is 0 Å². The third-order valence-corrected chi connectivity index (χ3v) is 7.15. The highest BCUT2D eigenvalue weighted by atomic mass is 32.1. The molecule has 1 fully saturated rings. The molecule has 1 aliphatic heterocycles. The Kier molecular flexibility index (Phi) is 6.23. The van der Waals surface area contributed by atoms with Crippen LogP contribution in [0.3, 0.4) is 0 Å². The first-order chi connectivity index (χ1) is 16.8. The number of rotatable bonds is 5. The van der Waals surface area contributed by atoms with Crippen molar-refractivity contribution >= 4 is 33.2 Å². The van der Waals surface area contributed by atoms with Gasteiger partial charge in [-0.2, -0.15) is 4.52 Å².